The van der Waals surface area contributed by atoms with Crippen LogP contribution in [0.4, 0.5) is 0 Å². The minimum absolute atomic E-state index is 0.250. The van der Waals surface area contributed by atoms with Crippen molar-refractivity contribution in [3.8, 4) is 0 Å². The second kappa shape index (κ2) is 8.27. The maximum absolute atomic E-state index is 10.1. The molecule has 0 aliphatic heterocycles. The number of benzene rings is 1. The molecule has 1 aromatic carbocycles. The Kier molecular flexibility index (Phi) is 6.09. The molecule has 2 bridgehead atoms. The monoisotopic (exact) mass is 317 g/mol. The smallest absolute Gasteiger partial charge is 0.0897 e. The summed E-state index contributed by atoms with van der Waals surface area (Å²) in [6.07, 6.45) is 6.55. The van der Waals surface area contributed by atoms with Crippen molar-refractivity contribution >= 4 is 0 Å². The van der Waals surface area contributed by atoms with Crippen LogP contribution in [0.2, 0.25) is 0 Å². The molecule has 128 valence electrons. The number of aliphatic hydroxyl groups is 1. The lowest BCUT2D eigenvalue weighted by Crippen LogP contribution is -2.32. The van der Waals surface area contributed by atoms with Crippen LogP contribution in [0.5, 0.6) is 0 Å². The van der Waals surface area contributed by atoms with Gasteiger partial charge < -0.3 is 15.2 Å². The van der Waals surface area contributed by atoms with E-state index >= 15 is 0 Å². The molecule has 0 radical (unpaired) electrons. The van der Waals surface area contributed by atoms with Crippen LogP contribution in [0.15, 0.2) is 30.3 Å². The Morgan fingerprint density at radius 1 is 1.22 bits per heavy atom. The standard InChI is InChI=1S/C20H31NO2/c1-15(17-5-3-2-4-6-17)21-13-20(22)14-23-10-9-19-12-16-7-8-18(19)11-16/h2-6,15-16,18-22H,7-14H2,1H3. The second-order valence-electron chi connectivity index (χ2n) is 7.49. The topological polar surface area (TPSA) is 41.5 Å². The molecule has 0 aromatic heterocycles. The van der Waals surface area contributed by atoms with Gasteiger partial charge in [-0.2, -0.15) is 0 Å². The zero-order chi connectivity index (χ0) is 16.1. The molecule has 2 N–H and O–H groups in total. The molecule has 2 aliphatic rings. The molecule has 23 heavy (non-hydrogen) atoms. The van der Waals surface area contributed by atoms with Gasteiger partial charge in [-0.3, -0.25) is 0 Å². The van der Waals surface area contributed by atoms with Gasteiger partial charge in [0.1, 0.15) is 0 Å². The predicted molar refractivity (Wildman–Crippen MR) is 93.2 cm³/mol. The third-order valence-electron chi connectivity index (χ3n) is 5.79. The van der Waals surface area contributed by atoms with Gasteiger partial charge in [-0.25, -0.2) is 0 Å². The van der Waals surface area contributed by atoms with E-state index in [2.05, 4.69) is 24.4 Å². The Bertz CT molecular complexity index is 464. The first-order valence-corrected chi connectivity index (χ1v) is 9.26. The highest BCUT2D eigenvalue weighted by Crippen LogP contribution is 2.49. The van der Waals surface area contributed by atoms with E-state index in [1.54, 1.807) is 0 Å². The lowest BCUT2D eigenvalue weighted by molar-refractivity contribution is 0.0280. The number of fused-ring (bicyclic) bond motifs is 2. The third kappa shape index (κ3) is 4.79. The Hall–Kier alpha value is -0.900. The van der Waals surface area contributed by atoms with E-state index in [4.69, 9.17) is 4.74 Å². The van der Waals surface area contributed by atoms with Crippen molar-refractivity contribution in [2.24, 2.45) is 17.8 Å². The summed E-state index contributed by atoms with van der Waals surface area (Å²) < 4.78 is 5.71. The predicted octanol–water partition coefficient (Wildman–Crippen LogP) is 3.54. The minimum Gasteiger partial charge on any atom is -0.389 e. The highest BCUT2D eigenvalue weighted by molar-refractivity contribution is 5.17. The number of aliphatic hydroxyl groups excluding tert-OH is 1. The Labute approximate surface area is 140 Å². The van der Waals surface area contributed by atoms with Crippen molar-refractivity contribution < 1.29 is 9.84 Å². The van der Waals surface area contributed by atoms with Crippen LogP contribution in [-0.4, -0.2) is 31.0 Å². The van der Waals surface area contributed by atoms with Crippen molar-refractivity contribution in [2.45, 2.75) is 51.2 Å². The van der Waals surface area contributed by atoms with Crippen molar-refractivity contribution in [3.63, 3.8) is 0 Å². The molecule has 3 heteroatoms. The molecule has 5 unspecified atom stereocenters. The average Bonchev–Trinajstić information content (AvgIpc) is 3.20. The fourth-order valence-electron chi connectivity index (χ4n) is 4.42. The lowest BCUT2D eigenvalue weighted by Gasteiger charge is -2.22. The summed E-state index contributed by atoms with van der Waals surface area (Å²) in [5, 5.41) is 13.4. The zero-order valence-corrected chi connectivity index (χ0v) is 14.3. The van der Waals surface area contributed by atoms with Crippen molar-refractivity contribution in [3.05, 3.63) is 35.9 Å². The third-order valence-corrected chi connectivity index (χ3v) is 5.79. The van der Waals surface area contributed by atoms with Crippen LogP contribution in [0, 0.1) is 17.8 Å². The molecule has 0 saturated heterocycles. The van der Waals surface area contributed by atoms with E-state index in [1.165, 1.54) is 37.7 Å². The summed E-state index contributed by atoms with van der Waals surface area (Å²) in [5.41, 5.74) is 1.25. The van der Waals surface area contributed by atoms with E-state index in [-0.39, 0.29) is 6.04 Å². The van der Waals surface area contributed by atoms with Gasteiger partial charge in [-0.15, -0.1) is 0 Å². The molecule has 2 aliphatic carbocycles. The quantitative estimate of drug-likeness (QED) is 0.685. The van der Waals surface area contributed by atoms with Gasteiger partial charge in [-0.1, -0.05) is 36.8 Å². The molecular weight excluding hydrogens is 286 g/mol. The SMILES string of the molecule is CC(NCC(O)COCCC1CC2CCC1C2)c1ccccc1. The van der Waals surface area contributed by atoms with E-state index in [0.29, 0.717) is 13.2 Å². The molecule has 0 amide bonds. The van der Waals surface area contributed by atoms with E-state index in [9.17, 15) is 5.11 Å². The van der Waals surface area contributed by atoms with Crippen LogP contribution in [0.25, 0.3) is 0 Å². The number of rotatable bonds is 9. The van der Waals surface area contributed by atoms with Crippen LogP contribution >= 0.6 is 0 Å². The number of hydrogen-bond donors (Lipinski definition) is 2. The summed E-state index contributed by atoms with van der Waals surface area (Å²) in [7, 11) is 0. The summed E-state index contributed by atoms with van der Waals surface area (Å²) in [5.74, 6) is 2.88. The fourth-order valence-corrected chi connectivity index (χ4v) is 4.42. The highest BCUT2D eigenvalue weighted by Gasteiger charge is 2.38. The first-order valence-electron chi connectivity index (χ1n) is 9.26. The maximum atomic E-state index is 10.1. The largest absolute Gasteiger partial charge is 0.389 e. The molecule has 3 nitrogen and oxygen atoms in total. The van der Waals surface area contributed by atoms with Gasteiger partial charge in [-0.05, 0) is 55.9 Å². The maximum Gasteiger partial charge on any atom is 0.0897 e. The molecule has 5 atom stereocenters. The Balaban J connectivity index is 1.26. The van der Waals surface area contributed by atoms with Crippen LogP contribution in [0.1, 0.15) is 50.6 Å². The molecule has 0 spiro atoms. The summed E-state index contributed by atoms with van der Waals surface area (Å²) in [6.45, 7) is 3.94. The van der Waals surface area contributed by atoms with Gasteiger partial charge in [0.2, 0.25) is 0 Å². The first kappa shape index (κ1) is 16.9. The molecule has 0 heterocycles. The summed E-state index contributed by atoms with van der Waals surface area (Å²) in [4.78, 5) is 0. The van der Waals surface area contributed by atoms with Crippen molar-refractivity contribution in [2.75, 3.05) is 19.8 Å². The van der Waals surface area contributed by atoms with Gasteiger partial charge in [0.15, 0.2) is 0 Å². The Morgan fingerprint density at radius 3 is 2.74 bits per heavy atom. The first-order chi connectivity index (χ1) is 11.2. The second-order valence-corrected chi connectivity index (χ2v) is 7.49. The lowest BCUT2D eigenvalue weighted by atomic mass is 9.87. The normalized spacial score (nSPS) is 28.9. The van der Waals surface area contributed by atoms with Gasteiger partial charge >= 0.3 is 0 Å². The minimum atomic E-state index is -0.429. The molecular formula is C20H31NO2. The van der Waals surface area contributed by atoms with E-state index in [0.717, 1.165) is 24.4 Å². The Morgan fingerprint density at radius 2 is 2.04 bits per heavy atom. The van der Waals surface area contributed by atoms with Crippen molar-refractivity contribution in [1.29, 1.82) is 0 Å². The molecule has 1 aromatic rings. The van der Waals surface area contributed by atoms with Crippen LogP contribution in [0.3, 0.4) is 0 Å². The number of ether oxygens (including phenoxy) is 1. The van der Waals surface area contributed by atoms with Crippen LogP contribution < -0.4 is 5.32 Å². The van der Waals surface area contributed by atoms with E-state index in [1.807, 2.05) is 18.2 Å². The zero-order valence-electron chi connectivity index (χ0n) is 14.3. The summed E-state index contributed by atoms with van der Waals surface area (Å²) in [6, 6.07) is 10.6. The number of nitrogens with one attached hydrogen (secondary N) is 1. The molecule has 3 rings (SSSR count). The average molecular weight is 317 g/mol. The fraction of sp³-hybridized carbons (Fsp3) is 0.700. The molecule has 2 saturated carbocycles. The van der Waals surface area contributed by atoms with Crippen LogP contribution in [-0.2, 0) is 4.74 Å². The van der Waals surface area contributed by atoms with Gasteiger partial charge in [0, 0.05) is 19.2 Å². The van der Waals surface area contributed by atoms with E-state index < -0.39 is 6.10 Å². The number of hydrogen-bond acceptors (Lipinski definition) is 3. The summed E-state index contributed by atoms with van der Waals surface area (Å²) >= 11 is 0. The highest BCUT2D eigenvalue weighted by atomic mass is 16.5. The molecule has 2 fully saturated rings. The van der Waals surface area contributed by atoms with Gasteiger partial charge in [0.25, 0.3) is 0 Å². The van der Waals surface area contributed by atoms with Crippen molar-refractivity contribution in [1.82, 2.24) is 5.32 Å². The van der Waals surface area contributed by atoms with Gasteiger partial charge in [0.05, 0.1) is 12.7 Å².